The largest absolute Gasteiger partial charge is 0.367 e. The number of hydrogen-bond acceptors (Lipinski definition) is 6. The van der Waals surface area contributed by atoms with Crippen LogP contribution in [0.5, 0.6) is 0 Å². The number of benzene rings is 3. The van der Waals surface area contributed by atoms with Gasteiger partial charge in [-0.1, -0.05) is 48.0 Å². The van der Waals surface area contributed by atoms with Gasteiger partial charge in [-0.3, -0.25) is 19.3 Å². The fourth-order valence-electron chi connectivity index (χ4n) is 4.50. The SMILES string of the molecule is N#Cc1ccccc1N1CCN(C(=O)c2ccc(C=C3SC(=O)N(Cc4cccc(Cl)c4)C3=O)cc2)CC1. The summed E-state index contributed by atoms with van der Waals surface area (Å²) in [5.74, 6) is -0.414. The molecule has 0 bridgehead atoms. The Hall–Kier alpha value is -4.06. The van der Waals surface area contributed by atoms with E-state index >= 15 is 0 Å². The van der Waals surface area contributed by atoms with E-state index in [0.717, 1.165) is 28.6 Å². The predicted molar refractivity (Wildman–Crippen MR) is 149 cm³/mol. The van der Waals surface area contributed by atoms with Crippen LogP contribution in [0.25, 0.3) is 6.08 Å². The van der Waals surface area contributed by atoms with Crippen LogP contribution in [0.3, 0.4) is 0 Å². The van der Waals surface area contributed by atoms with E-state index in [4.69, 9.17) is 11.6 Å². The van der Waals surface area contributed by atoms with E-state index < -0.39 is 0 Å². The molecule has 0 spiro atoms. The molecular formula is C29H23ClN4O3S. The molecule has 2 aliphatic heterocycles. The third-order valence-corrected chi connectivity index (χ3v) is 7.63. The maximum atomic E-state index is 13.1. The van der Waals surface area contributed by atoms with E-state index in [1.807, 2.05) is 29.2 Å². The van der Waals surface area contributed by atoms with E-state index in [2.05, 4.69) is 11.0 Å². The molecule has 7 nitrogen and oxygen atoms in total. The standard InChI is InChI=1S/C29H23ClN4O3S/c30-24-6-3-4-21(16-24)19-34-28(36)26(38-29(34)37)17-20-8-10-22(11-9-20)27(35)33-14-12-32(13-15-33)25-7-2-1-5-23(25)18-31/h1-11,16-17H,12-15,19H2. The molecule has 0 unspecified atom stereocenters. The van der Waals surface area contributed by atoms with Crippen LogP contribution >= 0.6 is 23.4 Å². The van der Waals surface area contributed by atoms with Crippen LogP contribution in [0.1, 0.15) is 27.0 Å². The fraction of sp³-hybridized carbons (Fsp3) is 0.172. The zero-order valence-electron chi connectivity index (χ0n) is 20.3. The van der Waals surface area contributed by atoms with Crippen LogP contribution in [0.15, 0.2) is 77.7 Å². The molecule has 0 saturated carbocycles. The van der Waals surface area contributed by atoms with E-state index in [1.54, 1.807) is 54.6 Å². The number of carbonyl (C=O) groups is 3. The van der Waals surface area contributed by atoms with Crippen LogP contribution in [-0.4, -0.2) is 53.0 Å². The zero-order valence-corrected chi connectivity index (χ0v) is 21.9. The summed E-state index contributed by atoms with van der Waals surface area (Å²) in [6, 6.07) is 23.8. The molecule has 5 rings (SSSR count). The Morgan fingerprint density at radius 3 is 2.42 bits per heavy atom. The van der Waals surface area contributed by atoms with Crippen molar-refractivity contribution in [2.75, 3.05) is 31.1 Å². The summed E-state index contributed by atoms with van der Waals surface area (Å²) in [7, 11) is 0. The molecule has 0 N–H and O–H groups in total. The highest BCUT2D eigenvalue weighted by molar-refractivity contribution is 8.18. The van der Waals surface area contributed by atoms with Gasteiger partial charge in [0.25, 0.3) is 17.1 Å². The summed E-state index contributed by atoms with van der Waals surface area (Å²) < 4.78 is 0. The lowest BCUT2D eigenvalue weighted by molar-refractivity contribution is -0.123. The Kier molecular flexibility index (Phi) is 7.50. The van der Waals surface area contributed by atoms with Gasteiger partial charge in [0, 0.05) is 36.8 Å². The molecule has 2 saturated heterocycles. The van der Waals surface area contributed by atoms with Crippen molar-refractivity contribution in [3.05, 3.63) is 105 Å². The van der Waals surface area contributed by atoms with Crippen LogP contribution in [0.2, 0.25) is 5.02 Å². The molecule has 38 heavy (non-hydrogen) atoms. The second-order valence-electron chi connectivity index (χ2n) is 8.93. The number of imide groups is 1. The Morgan fingerprint density at radius 1 is 0.974 bits per heavy atom. The number of amides is 3. The monoisotopic (exact) mass is 542 g/mol. The Balaban J connectivity index is 1.21. The van der Waals surface area contributed by atoms with Crippen LogP contribution in [0, 0.1) is 11.3 Å². The van der Waals surface area contributed by atoms with Crippen LogP contribution in [0.4, 0.5) is 10.5 Å². The van der Waals surface area contributed by atoms with Gasteiger partial charge in [0.2, 0.25) is 0 Å². The van der Waals surface area contributed by atoms with Gasteiger partial charge < -0.3 is 9.80 Å². The molecule has 2 heterocycles. The Bertz CT molecular complexity index is 1470. The predicted octanol–water partition coefficient (Wildman–Crippen LogP) is 5.41. The van der Waals surface area contributed by atoms with Gasteiger partial charge in [-0.05, 0) is 65.4 Å². The molecule has 2 fully saturated rings. The smallest absolute Gasteiger partial charge is 0.293 e. The maximum Gasteiger partial charge on any atom is 0.293 e. The van der Waals surface area contributed by atoms with E-state index in [1.165, 1.54) is 4.90 Å². The van der Waals surface area contributed by atoms with Crippen LogP contribution in [-0.2, 0) is 11.3 Å². The number of nitrogens with zero attached hydrogens (tertiary/aromatic N) is 4. The highest BCUT2D eigenvalue weighted by Crippen LogP contribution is 2.33. The number of nitriles is 1. The van der Waals surface area contributed by atoms with Gasteiger partial charge in [-0.2, -0.15) is 5.26 Å². The third-order valence-electron chi connectivity index (χ3n) is 6.49. The second-order valence-corrected chi connectivity index (χ2v) is 10.4. The molecule has 9 heteroatoms. The molecule has 190 valence electrons. The molecule has 3 amide bonds. The fourth-order valence-corrected chi connectivity index (χ4v) is 5.56. The summed E-state index contributed by atoms with van der Waals surface area (Å²) in [6.07, 6.45) is 1.67. The van der Waals surface area contributed by atoms with Gasteiger partial charge in [-0.15, -0.1) is 0 Å². The number of carbonyl (C=O) groups excluding carboxylic acids is 3. The van der Waals surface area contributed by atoms with Gasteiger partial charge in [-0.25, -0.2) is 0 Å². The Morgan fingerprint density at radius 2 is 1.71 bits per heavy atom. The second kappa shape index (κ2) is 11.1. The summed E-state index contributed by atoms with van der Waals surface area (Å²) in [6.45, 7) is 2.56. The lowest BCUT2D eigenvalue weighted by atomic mass is 10.1. The van der Waals surface area contributed by atoms with Crippen molar-refractivity contribution in [3.8, 4) is 6.07 Å². The molecule has 2 aliphatic rings. The van der Waals surface area contributed by atoms with Gasteiger partial charge in [0.15, 0.2) is 0 Å². The van der Waals surface area contributed by atoms with E-state index in [9.17, 15) is 19.6 Å². The number of hydrogen-bond donors (Lipinski definition) is 0. The normalized spacial score (nSPS) is 16.7. The first-order valence-corrected chi connectivity index (χ1v) is 13.3. The summed E-state index contributed by atoms with van der Waals surface area (Å²) in [5, 5.41) is 9.59. The number of halogens is 1. The Labute approximate surface area is 229 Å². The molecular weight excluding hydrogens is 520 g/mol. The first kappa shape index (κ1) is 25.6. The third kappa shape index (κ3) is 5.44. The first-order chi connectivity index (χ1) is 18.4. The zero-order chi connectivity index (χ0) is 26.6. The molecule has 0 aliphatic carbocycles. The van der Waals surface area contributed by atoms with E-state index in [-0.39, 0.29) is 23.6 Å². The molecule has 0 aromatic heterocycles. The van der Waals surface area contributed by atoms with E-state index in [0.29, 0.717) is 47.2 Å². The minimum Gasteiger partial charge on any atom is -0.367 e. The summed E-state index contributed by atoms with van der Waals surface area (Å²) in [5.41, 5.74) is 3.59. The number of rotatable bonds is 5. The average Bonchev–Trinajstić information content (AvgIpc) is 3.20. The number of thioether (sulfide) groups is 1. The van der Waals surface area contributed by atoms with Crippen molar-refractivity contribution in [2.24, 2.45) is 0 Å². The lowest BCUT2D eigenvalue weighted by Crippen LogP contribution is -2.49. The number of piperazine rings is 1. The highest BCUT2D eigenvalue weighted by atomic mass is 35.5. The molecule has 0 atom stereocenters. The van der Waals surface area contributed by atoms with Crippen molar-refractivity contribution in [2.45, 2.75) is 6.54 Å². The average molecular weight is 543 g/mol. The first-order valence-electron chi connectivity index (χ1n) is 12.1. The van der Waals surface area contributed by atoms with Gasteiger partial charge in [0.1, 0.15) is 6.07 Å². The topological polar surface area (TPSA) is 84.7 Å². The van der Waals surface area contributed by atoms with Crippen molar-refractivity contribution >= 4 is 52.2 Å². The highest BCUT2D eigenvalue weighted by Gasteiger charge is 2.35. The van der Waals surface area contributed by atoms with Gasteiger partial charge in [0.05, 0.1) is 22.7 Å². The van der Waals surface area contributed by atoms with Crippen molar-refractivity contribution in [1.29, 1.82) is 5.26 Å². The number of para-hydroxylation sites is 1. The number of anilines is 1. The molecule has 3 aromatic carbocycles. The van der Waals surface area contributed by atoms with Crippen molar-refractivity contribution < 1.29 is 14.4 Å². The van der Waals surface area contributed by atoms with Crippen molar-refractivity contribution in [1.82, 2.24) is 9.80 Å². The van der Waals surface area contributed by atoms with Gasteiger partial charge >= 0.3 is 0 Å². The van der Waals surface area contributed by atoms with Crippen molar-refractivity contribution in [3.63, 3.8) is 0 Å². The maximum absolute atomic E-state index is 13.1. The molecule has 0 radical (unpaired) electrons. The minimum atomic E-state index is -0.351. The minimum absolute atomic E-state index is 0.0633. The summed E-state index contributed by atoms with van der Waals surface area (Å²) >= 11 is 6.92. The molecule has 3 aromatic rings. The van der Waals surface area contributed by atoms with Crippen LogP contribution < -0.4 is 4.90 Å². The lowest BCUT2D eigenvalue weighted by Gasteiger charge is -2.36. The summed E-state index contributed by atoms with van der Waals surface area (Å²) in [4.78, 5) is 43.9. The quantitative estimate of drug-likeness (QED) is 0.401.